The second-order valence-electron chi connectivity index (χ2n) is 9.22. The summed E-state index contributed by atoms with van der Waals surface area (Å²) in [6.45, 7) is 14.2. The lowest BCUT2D eigenvalue weighted by Gasteiger charge is -2.22. The van der Waals surface area contributed by atoms with E-state index in [0.29, 0.717) is 24.3 Å². The van der Waals surface area contributed by atoms with E-state index in [1.165, 1.54) is 27.8 Å². The number of aromatic nitrogens is 2. The van der Waals surface area contributed by atoms with Crippen molar-refractivity contribution in [2.45, 2.75) is 71.8 Å². The van der Waals surface area contributed by atoms with Gasteiger partial charge in [-0.2, -0.15) is 0 Å². The summed E-state index contributed by atoms with van der Waals surface area (Å²) >= 11 is 1.66. The zero-order valence-electron chi connectivity index (χ0n) is 19.6. The molecule has 3 aromatic rings. The van der Waals surface area contributed by atoms with Crippen molar-refractivity contribution in [2.24, 2.45) is 5.73 Å². The first-order valence-electron chi connectivity index (χ1n) is 11.3. The van der Waals surface area contributed by atoms with Gasteiger partial charge in [-0.25, -0.2) is 4.98 Å². The van der Waals surface area contributed by atoms with Gasteiger partial charge >= 0.3 is 0 Å². The predicted octanol–water partition coefficient (Wildman–Crippen LogP) is 6.56. The molecule has 0 amide bonds. The smallest absolute Gasteiger partial charge is 0.183 e. The highest BCUT2D eigenvalue weighted by Crippen LogP contribution is 2.39. The Bertz CT molecular complexity index is 947. The molecule has 1 aromatic carbocycles. The molecule has 0 saturated carbocycles. The Kier molecular flexibility index (Phi) is 7.84. The van der Waals surface area contributed by atoms with E-state index >= 15 is 0 Å². The Morgan fingerprint density at radius 2 is 1.68 bits per heavy atom. The standard InChI is InChI=1S/C26H36N4S/c1-16(2)20-11-22(17(3)4)25(23(12-20)18(5)6)24-15-31-26(30-24)29-21(13-27)10-19-8-7-9-28-14-19/h7-9,11-12,14-18,21H,10,13,27H2,1-6H3,(H,29,30). The van der Waals surface area contributed by atoms with Gasteiger partial charge in [0.2, 0.25) is 0 Å². The summed E-state index contributed by atoms with van der Waals surface area (Å²) in [5, 5.41) is 6.65. The van der Waals surface area contributed by atoms with Crippen LogP contribution >= 0.6 is 11.3 Å². The normalized spacial score (nSPS) is 12.7. The van der Waals surface area contributed by atoms with Crippen LogP contribution in [0.25, 0.3) is 11.3 Å². The van der Waals surface area contributed by atoms with Crippen molar-refractivity contribution in [1.82, 2.24) is 9.97 Å². The van der Waals surface area contributed by atoms with E-state index in [-0.39, 0.29) is 6.04 Å². The number of thiazole rings is 1. The highest BCUT2D eigenvalue weighted by atomic mass is 32.1. The van der Waals surface area contributed by atoms with Crippen molar-refractivity contribution >= 4 is 16.5 Å². The van der Waals surface area contributed by atoms with E-state index < -0.39 is 0 Å². The second kappa shape index (κ2) is 10.4. The van der Waals surface area contributed by atoms with Crippen molar-refractivity contribution in [2.75, 3.05) is 11.9 Å². The Hall–Kier alpha value is -2.24. The fourth-order valence-corrected chi connectivity index (χ4v) is 4.66. The maximum absolute atomic E-state index is 6.05. The summed E-state index contributed by atoms with van der Waals surface area (Å²) in [6.07, 6.45) is 4.53. The van der Waals surface area contributed by atoms with Crippen molar-refractivity contribution in [3.8, 4) is 11.3 Å². The van der Waals surface area contributed by atoms with E-state index in [9.17, 15) is 0 Å². The van der Waals surface area contributed by atoms with Crippen LogP contribution in [0.2, 0.25) is 0 Å². The number of nitrogens with one attached hydrogen (secondary N) is 1. The van der Waals surface area contributed by atoms with Gasteiger partial charge in [-0.05, 0) is 52.5 Å². The maximum Gasteiger partial charge on any atom is 0.183 e. The third-order valence-electron chi connectivity index (χ3n) is 5.71. The minimum atomic E-state index is 0.126. The summed E-state index contributed by atoms with van der Waals surface area (Å²) in [4.78, 5) is 9.22. The van der Waals surface area contributed by atoms with Crippen LogP contribution in [0.3, 0.4) is 0 Å². The molecule has 3 N–H and O–H groups in total. The molecule has 31 heavy (non-hydrogen) atoms. The quantitative estimate of drug-likeness (QED) is 0.399. The van der Waals surface area contributed by atoms with Crippen LogP contribution < -0.4 is 11.1 Å². The van der Waals surface area contributed by atoms with Crippen molar-refractivity contribution in [3.63, 3.8) is 0 Å². The van der Waals surface area contributed by atoms with E-state index in [4.69, 9.17) is 10.7 Å². The molecule has 0 aliphatic carbocycles. The molecule has 1 atom stereocenters. The fraction of sp³-hybridized carbons (Fsp3) is 0.462. The van der Waals surface area contributed by atoms with E-state index in [2.05, 4.69) is 75.4 Å². The van der Waals surface area contributed by atoms with E-state index in [1.807, 2.05) is 12.3 Å². The van der Waals surface area contributed by atoms with Gasteiger partial charge in [0, 0.05) is 35.9 Å². The minimum absolute atomic E-state index is 0.126. The summed E-state index contributed by atoms with van der Waals surface area (Å²) in [6, 6.07) is 8.94. The van der Waals surface area contributed by atoms with Crippen molar-refractivity contribution in [3.05, 3.63) is 64.3 Å². The Balaban J connectivity index is 1.93. The molecule has 0 bridgehead atoms. The van der Waals surface area contributed by atoms with Crippen LogP contribution in [0, 0.1) is 0 Å². The molecule has 4 nitrogen and oxygen atoms in total. The van der Waals surface area contributed by atoms with Crippen LogP contribution in [-0.4, -0.2) is 22.6 Å². The highest BCUT2D eigenvalue weighted by Gasteiger charge is 2.21. The van der Waals surface area contributed by atoms with Gasteiger partial charge in [0.05, 0.1) is 5.69 Å². The van der Waals surface area contributed by atoms with Crippen molar-refractivity contribution in [1.29, 1.82) is 0 Å². The number of hydrogen-bond donors (Lipinski definition) is 2. The van der Waals surface area contributed by atoms with E-state index in [1.54, 1.807) is 17.5 Å². The SMILES string of the molecule is CC(C)c1cc(C(C)C)c(-c2csc(NC(CN)Cc3cccnc3)n2)c(C(C)C)c1. The summed E-state index contributed by atoms with van der Waals surface area (Å²) in [7, 11) is 0. The first-order chi connectivity index (χ1) is 14.8. The number of anilines is 1. The predicted molar refractivity (Wildman–Crippen MR) is 134 cm³/mol. The second-order valence-corrected chi connectivity index (χ2v) is 10.1. The van der Waals surface area contributed by atoms with Gasteiger partial charge < -0.3 is 11.1 Å². The summed E-state index contributed by atoms with van der Waals surface area (Å²) in [5.74, 6) is 1.38. The lowest BCUT2D eigenvalue weighted by atomic mass is 9.83. The molecule has 0 aliphatic rings. The topological polar surface area (TPSA) is 63.8 Å². The van der Waals surface area contributed by atoms with Gasteiger partial charge in [-0.3, -0.25) is 4.98 Å². The third-order valence-corrected chi connectivity index (χ3v) is 6.48. The molecular formula is C26H36N4S. The molecule has 0 spiro atoms. The van der Waals surface area contributed by atoms with Crippen LogP contribution in [-0.2, 0) is 6.42 Å². The molecule has 0 fully saturated rings. The Morgan fingerprint density at radius 3 is 2.19 bits per heavy atom. The molecule has 3 rings (SSSR count). The first kappa shape index (κ1) is 23.4. The van der Waals surface area contributed by atoms with Crippen LogP contribution in [0.4, 0.5) is 5.13 Å². The number of hydrogen-bond acceptors (Lipinski definition) is 5. The average Bonchev–Trinajstić information content (AvgIpc) is 3.20. The Labute approximate surface area is 191 Å². The molecule has 5 heteroatoms. The number of rotatable bonds is 9. The van der Waals surface area contributed by atoms with Crippen LogP contribution in [0.15, 0.2) is 42.0 Å². The van der Waals surface area contributed by atoms with Gasteiger partial charge in [-0.1, -0.05) is 59.7 Å². The fourth-order valence-electron chi connectivity index (χ4n) is 3.88. The van der Waals surface area contributed by atoms with Gasteiger partial charge in [-0.15, -0.1) is 11.3 Å². The number of pyridine rings is 1. The lowest BCUT2D eigenvalue weighted by Crippen LogP contribution is -2.31. The van der Waals surface area contributed by atoms with Crippen LogP contribution in [0.5, 0.6) is 0 Å². The van der Waals surface area contributed by atoms with Gasteiger partial charge in [0.25, 0.3) is 0 Å². The zero-order valence-corrected chi connectivity index (χ0v) is 20.5. The monoisotopic (exact) mass is 436 g/mol. The highest BCUT2D eigenvalue weighted by molar-refractivity contribution is 7.14. The molecular weight excluding hydrogens is 400 g/mol. The number of benzene rings is 1. The molecule has 166 valence electrons. The maximum atomic E-state index is 6.05. The number of nitrogens with two attached hydrogens (primary N) is 1. The molecule has 0 aliphatic heterocycles. The molecule has 1 unspecified atom stereocenters. The molecule has 2 heterocycles. The Morgan fingerprint density at radius 1 is 1.00 bits per heavy atom. The lowest BCUT2D eigenvalue weighted by molar-refractivity contribution is 0.721. The first-order valence-corrected chi connectivity index (χ1v) is 12.2. The zero-order chi connectivity index (χ0) is 22.5. The van der Waals surface area contributed by atoms with Gasteiger partial charge in [0.15, 0.2) is 5.13 Å². The molecule has 2 aromatic heterocycles. The van der Waals surface area contributed by atoms with Gasteiger partial charge in [0.1, 0.15) is 0 Å². The molecule has 0 radical (unpaired) electrons. The largest absolute Gasteiger partial charge is 0.357 e. The summed E-state index contributed by atoms with van der Waals surface area (Å²) < 4.78 is 0. The molecule has 0 saturated heterocycles. The van der Waals surface area contributed by atoms with Crippen molar-refractivity contribution < 1.29 is 0 Å². The van der Waals surface area contributed by atoms with E-state index in [0.717, 1.165) is 17.2 Å². The number of nitrogens with zero attached hydrogens (tertiary/aromatic N) is 2. The van der Waals surface area contributed by atoms with Crippen LogP contribution in [0.1, 0.15) is 81.5 Å². The third kappa shape index (κ3) is 5.72. The average molecular weight is 437 g/mol. The minimum Gasteiger partial charge on any atom is -0.357 e. The summed E-state index contributed by atoms with van der Waals surface area (Å²) in [5.41, 5.74) is 13.8.